The van der Waals surface area contributed by atoms with Crippen molar-refractivity contribution in [2.45, 2.75) is 37.4 Å². The van der Waals surface area contributed by atoms with Crippen LogP contribution in [0.4, 0.5) is 5.00 Å². The molecule has 2 aliphatic rings. The molecule has 1 aliphatic heterocycles. The molecule has 0 aromatic carbocycles. The summed E-state index contributed by atoms with van der Waals surface area (Å²) in [6.45, 7) is 0. The van der Waals surface area contributed by atoms with Crippen molar-refractivity contribution in [2.75, 3.05) is 26.5 Å². The van der Waals surface area contributed by atoms with Crippen molar-refractivity contribution in [2.24, 2.45) is 4.99 Å². The Hall–Kier alpha value is -1.87. The summed E-state index contributed by atoms with van der Waals surface area (Å²) in [4.78, 5) is 43.6. The van der Waals surface area contributed by atoms with Gasteiger partial charge in [-0.3, -0.25) is 19.5 Å². The lowest BCUT2D eigenvalue weighted by molar-refractivity contribution is -0.127. The van der Waals surface area contributed by atoms with Crippen LogP contribution in [-0.2, 0) is 27.2 Å². The normalized spacial score (nSPS) is 21.0. The fraction of sp³-hybridized carbons (Fsp3) is 0.529. The van der Waals surface area contributed by atoms with Crippen LogP contribution in [0.5, 0.6) is 0 Å². The summed E-state index contributed by atoms with van der Waals surface area (Å²) in [5.74, 6) is -0.846. The van der Waals surface area contributed by atoms with E-state index in [2.05, 4.69) is 10.3 Å². The van der Waals surface area contributed by atoms with E-state index < -0.39 is 11.2 Å². The van der Waals surface area contributed by atoms with Gasteiger partial charge in [-0.1, -0.05) is 11.8 Å². The van der Waals surface area contributed by atoms with Gasteiger partial charge in [-0.25, -0.2) is 4.79 Å². The molecule has 1 aliphatic carbocycles. The van der Waals surface area contributed by atoms with Crippen molar-refractivity contribution in [3.8, 4) is 0 Å². The standard InChI is InChI=1S/C17H21N3O4S2/c1-18-17-20(2)15(22)11(26-17)8-12(21)19-14-13(16(23)24-3)9-6-4-5-7-10(9)25-14/h11H,4-8H2,1-3H3,(H,19,21)/t11-/m0/s1. The summed E-state index contributed by atoms with van der Waals surface area (Å²) in [5.41, 5.74) is 1.47. The summed E-state index contributed by atoms with van der Waals surface area (Å²) >= 11 is 2.73. The highest BCUT2D eigenvalue weighted by Gasteiger charge is 2.37. The van der Waals surface area contributed by atoms with Gasteiger partial charge in [0.1, 0.15) is 10.3 Å². The number of hydrogen-bond donors (Lipinski definition) is 1. The molecule has 9 heteroatoms. The molecule has 0 unspecified atom stereocenters. The van der Waals surface area contributed by atoms with Crippen LogP contribution in [0, 0.1) is 0 Å². The predicted molar refractivity (Wildman–Crippen MR) is 103 cm³/mol. The molecule has 1 aromatic rings. The number of esters is 1. The molecule has 1 fully saturated rings. The number of anilines is 1. The molecule has 7 nitrogen and oxygen atoms in total. The molecule has 0 bridgehead atoms. The Morgan fingerprint density at radius 1 is 1.35 bits per heavy atom. The number of amides is 2. The fourth-order valence-electron chi connectivity index (χ4n) is 3.22. The Morgan fingerprint density at radius 3 is 2.73 bits per heavy atom. The van der Waals surface area contributed by atoms with Crippen molar-refractivity contribution in [3.05, 3.63) is 16.0 Å². The van der Waals surface area contributed by atoms with E-state index in [1.807, 2.05) is 0 Å². The van der Waals surface area contributed by atoms with Crippen LogP contribution in [0.3, 0.4) is 0 Å². The van der Waals surface area contributed by atoms with Crippen molar-refractivity contribution >= 4 is 51.1 Å². The maximum atomic E-state index is 12.5. The molecule has 140 valence electrons. The highest BCUT2D eigenvalue weighted by Crippen LogP contribution is 2.39. The number of aryl methyl sites for hydroxylation is 1. The van der Waals surface area contributed by atoms with Gasteiger partial charge in [-0.2, -0.15) is 0 Å². The second-order valence-electron chi connectivity index (χ2n) is 6.17. The first kappa shape index (κ1) is 18.9. The Kier molecular flexibility index (Phi) is 5.67. The van der Waals surface area contributed by atoms with E-state index in [-0.39, 0.29) is 18.2 Å². The average molecular weight is 396 g/mol. The minimum Gasteiger partial charge on any atom is -0.465 e. The second-order valence-corrected chi connectivity index (χ2v) is 8.44. The molecule has 2 amide bonds. The zero-order valence-electron chi connectivity index (χ0n) is 15.0. The number of ether oxygens (including phenoxy) is 1. The van der Waals surface area contributed by atoms with Gasteiger partial charge in [0.15, 0.2) is 5.17 Å². The van der Waals surface area contributed by atoms with Crippen molar-refractivity contribution < 1.29 is 19.1 Å². The number of aliphatic imine (C=N–C) groups is 1. The molecule has 3 rings (SSSR count). The number of nitrogens with one attached hydrogen (secondary N) is 1. The van der Waals surface area contributed by atoms with Crippen LogP contribution < -0.4 is 5.32 Å². The van der Waals surface area contributed by atoms with Crippen LogP contribution in [-0.4, -0.2) is 54.3 Å². The smallest absolute Gasteiger partial charge is 0.341 e. The first-order valence-electron chi connectivity index (χ1n) is 8.40. The van der Waals surface area contributed by atoms with E-state index >= 15 is 0 Å². The second kappa shape index (κ2) is 7.79. The zero-order chi connectivity index (χ0) is 18.8. The Balaban J connectivity index is 1.77. The SMILES string of the molecule is CN=C1S[C@@H](CC(=O)Nc2sc3c(c2C(=O)OC)CCCC3)C(=O)N1C. The summed E-state index contributed by atoms with van der Waals surface area (Å²) < 4.78 is 4.91. The molecule has 1 N–H and O–H groups in total. The number of methoxy groups -OCH3 is 1. The molecule has 0 radical (unpaired) electrons. The fourth-order valence-corrected chi connectivity index (χ4v) is 5.61. The first-order chi connectivity index (χ1) is 12.5. The Morgan fingerprint density at radius 2 is 2.08 bits per heavy atom. The summed E-state index contributed by atoms with van der Waals surface area (Å²) in [6, 6.07) is 0. The van der Waals surface area contributed by atoms with Crippen LogP contribution >= 0.6 is 23.1 Å². The van der Waals surface area contributed by atoms with Crippen molar-refractivity contribution in [1.29, 1.82) is 0 Å². The molecule has 1 atom stereocenters. The molecule has 1 aromatic heterocycles. The number of thiophene rings is 1. The molecular weight excluding hydrogens is 374 g/mol. The predicted octanol–water partition coefficient (Wildman–Crippen LogP) is 2.30. The summed E-state index contributed by atoms with van der Waals surface area (Å²) in [5, 5.41) is 3.48. The lowest BCUT2D eigenvalue weighted by Crippen LogP contribution is -2.30. The van der Waals surface area contributed by atoms with Gasteiger partial charge in [0, 0.05) is 25.4 Å². The van der Waals surface area contributed by atoms with Gasteiger partial charge in [-0.15, -0.1) is 11.3 Å². The number of amidine groups is 1. The molecule has 0 saturated carbocycles. The highest BCUT2D eigenvalue weighted by atomic mass is 32.2. The van der Waals surface area contributed by atoms with Crippen LogP contribution in [0.1, 0.15) is 40.1 Å². The first-order valence-corrected chi connectivity index (χ1v) is 10.1. The molecule has 0 spiro atoms. The highest BCUT2D eigenvalue weighted by molar-refractivity contribution is 8.15. The lowest BCUT2D eigenvalue weighted by atomic mass is 9.95. The number of nitrogens with zero attached hydrogens (tertiary/aromatic N) is 2. The number of carbonyl (C=O) groups is 3. The maximum absolute atomic E-state index is 12.5. The van der Waals surface area contributed by atoms with Crippen LogP contribution in [0.2, 0.25) is 0 Å². The largest absolute Gasteiger partial charge is 0.465 e. The monoisotopic (exact) mass is 395 g/mol. The quantitative estimate of drug-likeness (QED) is 0.791. The third-order valence-electron chi connectivity index (χ3n) is 4.52. The minimum atomic E-state index is -0.491. The average Bonchev–Trinajstić information content (AvgIpc) is 3.12. The van der Waals surface area contributed by atoms with Gasteiger partial charge >= 0.3 is 5.97 Å². The van der Waals surface area contributed by atoms with Gasteiger partial charge in [0.05, 0.1) is 12.7 Å². The number of thioether (sulfide) groups is 1. The van der Waals surface area contributed by atoms with Crippen LogP contribution in [0.25, 0.3) is 0 Å². The van der Waals surface area contributed by atoms with Gasteiger partial charge in [0.25, 0.3) is 0 Å². The number of fused-ring (bicyclic) bond motifs is 1. The van der Waals surface area contributed by atoms with E-state index in [0.717, 1.165) is 36.1 Å². The maximum Gasteiger partial charge on any atom is 0.341 e. The van der Waals surface area contributed by atoms with Crippen molar-refractivity contribution in [3.63, 3.8) is 0 Å². The Labute approximate surface area is 160 Å². The van der Waals surface area contributed by atoms with E-state index in [4.69, 9.17) is 4.74 Å². The lowest BCUT2D eigenvalue weighted by Gasteiger charge is -2.12. The van der Waals surface area contributed by atoms with E-state index in [1.54, 1.807) is 14.1 Å². The minimum absolute atomic E-state index is 0.0377. The van der Waals surface area contributed by atoms with Gasteiger partial charge in [-0.05, 0) is 31.2 Å². The number of hydrogen-bond acceptors (Lipinski definition) is 7. The van der Waals surface area contributed by atoms with Crippen molar-refractivity contribution in [1.82, 2.24) is 4.90 Å². The summed E-state index contributed by atoms with van der Waals surface area (Å²) in [6.07, 6.45) is 3.89. The molecule has 2 heterocycles. The van der Waals surface area contributed by atoms with Gasteiger partial charge in [0.2, 0.25) is 11.8 Å². The van der Waals surface area contributed by atoms with E-state index in [9.17, 15) is 14.4 Å². The third-order valence-corrected chi connectivity index (χ3v) is 7.04. The molecular formula is C17H21N3O4S2. The summed E-state index contributed by atoms with van der Waals surface area (Å²) in [7, 11) is 4.61. The molecule has 26 heavy (non-hydrogen) atoms. The topological polar surface area (TPSA) is 88.1 Å². The third kappa shape index (κ3) is 3.50. The number of rotatable bonds is 4. The molecule has 1 saturated heterocycles. The number of carbonyl (C=O) groups excluding carboxylic acids is 3. The zero-order valence-corrected chi connectivity index (χ0v) is 16.6. The van der Waals surface area contributed by atoms with E-state index in [0.29, 0.717) is 15.7 Å². The van der Waals surface area contributed by atoms with Crippen LogP contribution in [0.15, 0.2) is 4.99 Å². The Bertz CT molecular complexity index is 787. The van der Waals surface area contributed by atoms with E-state index in [1.165, 1.54) is 35.1 Å². The van der Waals surface area contributed by atoms with Gasteiger partial charge < -0.3 is 10.1 Å².